The second-order valence-electron chi connectivity index (χ2n) is 9.40. The molecular weight excluding hydrogens is 398 g/mol. The molecule has 3 saturated heterocycles. The van der Waals surface area contributed by atoms with Crippen LogP contribution in [0.1, 0.15) is 18.4 Å². The van der Waals surface area contributed by atoms with E-state index in [-0.39, 0.29) is 29.2 Å². The van der Waals surface area contributed by atoms with Crippen LogP contribution in [0.3, 0.4) is 0 Å². The number of imide groups is 1. The van der Waals surface area contributed by atoms with Crippen molar-refractivity contribution in [3.8, 4) is 0 Å². The first-order chi connectivity index (χ1) is 15.7. The zero-order valence-corrected chi connectivity index (χ0v) is 18.0. The first-order valence-electron chi connectivity index (χ1n) is 11.5. The average Bonchev–Trinajstić information content (AvgIpc) is 3.31. The van der Waals surface area contributed by atoms with Crippen molar-refractivity contribution in [3.63, 3.8) is 0 Å². The van der Waals surface area contributed by atoms with E-state index < -0.39 is 0 Å². The molecule has 5 heteroatoms. The number of anilines is 1. The minimum absolute atomic E-state index is 0.0825. The van der Waals surface area contributed by atoms with E-state index in [1.807, 2.05) is 18.2 Å². The van der Waals surface area contributed by atoms with Gasteiger partial charge in [-0.05, 0) is 41.3 Å². The number of hydrogen-bond acceptors (Lipinski definition) is 4. The third-order valence-corrected chi connectivity index (χ3v) is 7.83. The van der Waals surface area contributed by atoms with Crippen LogP contribution in [-0.4, -0.2) is 41.9 Å². The van der Waals surface area contributed by atoms with Crippen LogP contribution in [0.25, 0.3) is 10.8 Å². The molecule has 3 heterocycles. The predicted molar refractivity (Wildman–Crippen MR) is 125 cm³/mol. The van der Waals surface area contributed by atoms with Gasteiger partial charge < -0.3 is 4.90 Å². The third-order valence-electron chi connectivity index (χ3n) is 7.83. The second-order valence-corrected chi connectivity index (χ2v) is 9.40. The SMILES string of the molecule is O=C1NC(=O)C2C1CN(c1ccccc1)C21CCN(Cc2cccc3ccccc23)CC1. The van der Waals surface area contributed by atoms with Gasteiger partial charge in [-0.3, -0.25) is 19.8 Å². The number of carbonyl (C=O) groups is 2. The summed E-state index contributed by atoms with van der Waals surface area (Å²) in [6.07, 6.45) is 1.77. The van der Waals surface area contributed by atoms with Gasteiger partial charge in [-0.25, -0.2) is 0 Å². The van der Waals surface area contributed by atoms with Gasteiger partial charge in [0.2, 0.25) is 11.8 Å². The summed E-state index contributed by atoms with van der Waals surface area (Å²) in [6, 6.07) is 25.4. The zero-order chi connectivity index (χ0) is 21.7. The van der Waals surface area contributed by atoms with Gasteiger partial charge in [-0.15, -0.1) is 0 Å². The van der Waals surface area contributed by atoms with Gasteiger partial charge in [0.05, 0.1) is 17.4 Å². The van der Waals surface area contributed by atoms with Crippen molar-refractivity contribution in [2.75, 3.05) is 24.5 Å². The molecule has 3 aliphatic rings. The smallest absolute Gasteiger partial charge is 0.232 e. The van der Waals surface area contributed by atoms with E-state index in [0.717, 1.165) is 38.2 Å². The summed E-state index contributed by atoms with van der Waals surface area (Å²) in [5.74, 6) is -0.681. The molecule has 1 spiro atoms. The largest absolute Gasteiger partial charge is 0.364 e. The number of nitrogens with one attached hydrogen (secondary N) is 1. The maximum absolute atomic E-state index is 12.9. The van der Waals surface area contributed by atoms with Gasteiger partial charge in [-0.1, -0.05) is 60.7 Å². The molecule has 6 rings (SSSR count). The molecule has 1 N–H and O–H groups in total. The Bertz CT molecular complexity index is 1180. The van der Waals surface area contributed by atoms with Crippen LogP contribution in [0.2, 0.25) is 0 Å². The van der Waals surface area contributed by atoms with E-state index in [0.29, 0.717) is 6.54 Å². The first-order valence-corrected chi connectivity index (χ1v) is 11.5. The molecular formula is C27H27N3O2. The number of fused-ring (bicyclic) bond motifs is 3. The van der Waals surface area contributed by atoms with Crippen LogP contribution >= 0.6 is 0 Å². The van der Waals surface area contributed by atoms with Crippen molar-refractivity contribution >= 4 is 28.3 Å². The van der Waals surface area contributed by atoms with E-state index in [4.69, 9.17) is 0 Å². The molecule has 162 valence electrons. The fraction of sp³-hybridized carbons (Fsp3) is 0.333. The molecule has 5 nitrogen and oxygen atoms in total. The molecule has 0 aromatic heterocycles. The van der Waals surface area contributed by atoms with Crippen LogP contribution in [0, 0.1) is 11.8 Å². The van der Waals surface area contributed by atoms with Crippen molar-refractivity contribution in [1.29, 1.82) is 0 Å². The highest BCUT2D eigenvalue weighted by atomic mass is 16.2. The molecule has 0 radical (unpaired) electrons. The lowest BCUT2D eigenvalue weighted by Crippen LogP contribution is -2.57. The van der Waals surface area contributed by atoms with Crippen molar-refractivity contribution in [2.24, 2.45) is 11.8 Å². The lowest BCUT2D eigenvalue weighted by atomic mass is 9.74. The van der Waals surface area contributed by atoms with Crippen LogP contribution in [-0.2, 0) is 16.1 Å². The molecule has 32 heavy (non-hydrogen) atoms. The lowest BCUT2D eigenvalue weighted by molar-refractivity contribution is -0.127. The molecule has 3 fully saturated rings. The number of nitrogens with zero attached hydrogens (tertiary/aromatic N) is 2. The van der Waals surface area contributed by atoms with Crippen molar-refractivity contribution < 1.29 is 9.59 Å². The summed E-state index contributed by atoms with van der Waals surface area (Å²) >= 11 is 0. The Balaban J connectivity index is 1.28. The highest BCUT2D eigenvalue weighted by Crippen LogP contribution is 2.50. The molecule has 3 aromatic rings. The number of carbonyl (C=O) groups excluding carboxylic acids is 2. The summed E-state index contributed by atoms with van der Waals surface area (Å²) in [5.41, 5.74) is 2.17. The molecule has 2 amide bonds. The number of likely N-dealkylation sites (tertiary alicyclic amines) is 1. The van der Waals surface area contributed by atoms with E-state index in [1.165, 1.54) is 16.3 Å². The standard InChI is InChI=1S/C27H27N3O2/c31-25-23-18-30(21-10-2-1-3-11-21)27(24(23)26(32)28-25)13-15-29(16-14-27)17-20-9-6-8-19-7-4-5-12-22(19)20/h1-12,23-24H,13-18H2,(H,28,31,32). The highest BCUT2D eigenvalue weighted by molar-refractivity contribution is 6.07. The fourth-order valence-corrected chi connectivity index (χ4v) is 6.30. The fourth-order valence-electron chi connectivity index (χ4n) is 6.30. The summed E-state index contributed by atoms with van der Waals surface area (Å²) in [5, 5.41) is 5.20. The average molecular weight is 426 g/mol. The Hall–Kier alpha value is -3.18. The van der Waals surface area contributed by atoms with Crippen LogP contribution in [0.5, 0.6) is 0 Å². The summed E-state index contributed by atoms with van der Waals surface area (Å²) < 4.78 is 0. The van der Waals surface area contributed by atoms with Crippen LogP contribution < -0.4 is 10.2 Å². The number of benzene rings is 3. The van der Waals surface area contributed by atoms with E-state index in [1.54, 1.807) is 0 Å². The Morgan fingerprint density at radius 1 is 0.844 bits per heavy atom. The van der Waals surface area contributed by atoms with Crippen molar-refractivity contribution in [2.45, 2.75) is 24.9 Å². The molecule has 0 bridgehead atoms. The van der Waals surface area contributed by atoms with E-state index >= 15 is 0 Å². The van der Waals surface area contributed by atoms with Gasteiger partial charge >= 0.3 is 0 Å². The van der Waals surface area contributed by atoms with Crippen molar-refractivity contribution in [3.05, 3.63) is 78.4 Å². The summed E-state index contributed by atoms with van der Waals surface area (Å²) in [7, 11) is 0. The number of amides is 2. The topological polar surface area (TPSA) is 52.7 Å². The Kier molecular flexibility index (Phi) is 4.54. The maximum atomic E-state index is 12.9. The minimum atomic E-state index is -0.294. The number of hydrogen-bond donors (Lipinski definition) is 1. The molecule has 0 saturated carbocycles. The zero-order valence-electron chi connectivity index (χ0n) is 18.0. The summed E-state index contributed by atoms with van der Waals surface area (Å²) in [4.78, 5) is 30.3. The van der Waals surface area contributed by atoms with Gasteiger partial charge in [0, 0.05) is 31.9 Å². The first kappa shape index (κ1) is 19.5. The molecule has 3 aliphatic heterocycles. The number of piperidine rings is 1. The second kappa shape index (κ2) is 7.45. The molecule has 0 aliphatic carbocycles. The molecule has 2 unspecified atom stereocenters. The normalized spacial score (nSPS) is 24.8. The minimum Gasteiger partial charge on any atom is -0.364 e. The van der Waals surface area contributed by atoms with Gasteiger partial charge in [0.1, 0.15) is 0 Å². The molecule has 2 atom stereocenters. The van der Waals surface area contributed by atoms with Gasteiger partial charge in [0.25, 0.3) is 0 Å². The summed E-state index contributed by atoms with van der Waals surface area (Å²) in [6.45, 7) is 3.35. The van der Waals surface area contributed by atoms with E-state index in [2.05, 4.69) is 69.7 Å². The monoisotopic (exact) mass is 425 g/mol. The Morgan fingerprint density at radius 2 is 1.56 bits per heavy atom. The Morgan fingerprint density at radius 3 is 2.38 bits per heavy atom. The number of para-hydroxylation sites is 1. The van der Waals surface area contributed by atoms with Crippen LogP contribution in [0.15, 0.2) is 72.8 Å². The third kappa shape index (κ3) is 2.95. The Labute approximate surface area is 188 Å². The quantitative estimate of drug-likeness (QED) is 0.652. The van der Waals surface area contributed by atoms with E-state index in [9.17, 15) is 9.59 Å². The van der Waals surface area contributed by atoms with Gasteiger partial charge in [0.15, 0.2) is 0 Å². The maximum Gasteiger partial charge on any atom is 0.232 e. The predicted octanol–water partition coefficient (Wildman–Crippen LogP) is 3.58. The molecule has 3 aromatic carbocycles. The lowest BCUT2D eigenvalue weighted by Gasteiger charge is -2.48. The van der Waals surface area contributed by atoms with Crippen LogP contribution in [0.4, 0.5) is 5.69 Å². The number of rotatable bonds is 3. The highest BCUT2D eigenvalue weighted by Gasteiger charge is 2.62. The van der Waals surface area contributed by atoms with Gasteiger partial charge in [-0.2, -0.15) is 0 Å². The van der Waals surface area contributed by atoms with Crippen molar-refractivity contribution in [1.82, 2.24) is 10.2 Å².